The number of anilines is 1. The Morgan fingerprint density at radius 3 is 2.67 bits per heavy atom. The molecule has 1 N–H and O–H groups in total. The number of fused-ring (bicyclic) bond motifs is 1. The molecule has 106 valence electrons. The van der Waals surface area contributed by atoms with Gasteiger partial charge in [-0.2, -0.15) is 0 Å². The molecule has 0 unspecified atom stereocenters. The second kappa shape index (κ2) is 5.44. The van der Waals surface area contributed by atoms with Gasteiger partial charge in [0.1, 0.15) is 5.71 Å². The van der Waals surface area contributed by atoms with Crippen molar-refractivity contribution in [3.8, 4) is 0 Å². The van der Waals surface area contributed by atoms with Crippen molar-refractivity contribution < 1.29 is 4.79 Å². The van der Waals surface area contributed by atoms with Crippen molar-refractivity contribution in [3.63, 3.8) is 0 Å². The molecule has 0 saturated carbocycles. The number of hydrogen-bond acceptors (Lipinski definition) is 2. The Bertz CT molecular complexity index is 803. The summed E-state index contributed by atoms with van der Waals surface area (Å²) in [6.07, 6.45) is 0. The second-order valence-corrected chi connectivity index (χ2v) is 6.41. The van der Waals surface area contributed by atoms with Crippen LogP contribution in [0.25, 0.3) is 0 Å². The number of hydrogen-bond donors (Lipinski definition) is 1. The molecule has 3 rings (SSSR count). The lowest BCUT2D eigenvalue weighted by atomic mass is 10.1. The molecule has 6 heteroatoms. The molecule has 0 saturated heterocycles. The largest absolute Gasteiger partial charge is 0.320 e. The van der Waals surface area contributed by atoms with E-state index in [-0.39, 0.29) is 5.91 Å². The van der Waals surface area contributed by atoms with Gasteiger partial charge in [0.05, 0.1) is 16.4 Å². The number of aryl methyl sites for hydroxylation is 1. The summed E-state index contributed by atoms with van der Waals surface area (Å²) in [4.78, 5) is 16.5. The number of amides is 1. The number of nitrogens with one attached hydrogen (secondary N) is 1. The van der Waals surface area contributed by atoms with E-state index >= 15 is 0 Å². The summed E-state index contributed by atoms with van der Waals surface area (Å²) in [6, 6.07) is 8.78. The fourth-order valence-electron chi connectivity index (χ4n) is 2.19. The van der Waals surface area contributed by atoms with Crippen LogP contribution in [0.1, 0.15) is 11.1 Å². The van der Waals surface area contributed by atoms with E-state index in [2.05, 4.69) is 26.2 Å². The maximum atomic E-state index is 12.2. The Balaban J connectivity index is 2.16. The van der Waals surface area contributed by atoms with Gasteiger partial charge in [0.15, 0.2) is 0 Å². The first-order valence-electron chi connectivity index (χ1n) is 6.11. The summed E-state index contributed by atoms with van der Waals surface area (Å²) < 4.78 is 0.894. The number of halogens is 3. The van der Waals surface area contributed by atoms with E-state index < -0.39 is 0 Å². The SMILES string of the molecule is Cc1cc(Br)cc2c1NC(=O)C2=Nc1ccc(Cl)cc1Cl. The number of benzene rings is 2. The van der Waals surface area contributed by atoms with E-state index in [1.165, 1.54) is 0 Å². The molecular formula is C15H9BrCl2N2O. The average Bonchev–Trinajstić information content (AvgIpc) is 2.70. The first-order chi connectivity index (χ1) is 9.95. The average molecular weight is 384 g/mol. The van der Waals surface area contributed by atoms with Gasteiger partial charge in [-0.05, 0) is 42.8 Å². The van der Waals surface area contributed by atoms with Crippen LogP contribution in [0.2, 0.25) is 10.0 Å². The lowest BCUT2D eigenvalue weighted by molar-refractivity contribution is -0.110. The van der Waals surface area contributed by atoms with Gasteiger partial charge in [-0.25, -0.2) is 4.99 Å². The zero-order valence-corrected chi connectivity index (χ0v) is 14.0. The van der Waals surface area contributed by atoms with E-state index in [0.717, 1.165) is 21.3 Å². The number of carbonyl (C=O) groups is 1. The predicted octanol–water partition coefficient (Wildman–Crippen LogP) is 5.14. The van der Waals surface area contributed by atoms with Crippen LogP contribution in [0, 0.1) is 6.92 Å². The molecule has 0 aromatic heterocycles. The number of carbonyl (C=O) groups excluding carboxylic acids is 1. The summed E-state index contributed by atoms with van der Waals surface area (Å²) in [7, 11) is 0. The van der Waals surface area contributed by atoms with Crippen LogP contribution < -0.4 is 5.32 Å². The Morgan fingerprint density at radius 2 is 1.95 bits per heavy atom. The highest BCUT2D eigenvalue weighted by molar-refractivity contribution is 9.10. The molecule has 0 spiro atoms. The van der Waals surface area contributed by atoms with E-state index in [4.69, 9.17) is 23.2 Å². The number of aliphatic imine (C=N–C) groups is 1. The minimum atomic E-state index is -0.239. The molecule has 2 aromatic carbocycles. The lowest BCUT2D eigenvalue weighted by Gasteiger charge is -2.04. The van der Waals surface area contributed by atoms with E-state index in [9.17, 15) is 4.79 Å². The van der Waals surface area contributed by atoms with Crippen LogP contribution in [0.4, 0.5) is 11.4 Å². The fraction of sp³-hybridized carbons (Fsp3) is 0.0667. The normalized spacial score (nSPS) is 15.2. The third kappa shape index (κ3) is 2.71. The van der Waals surface area contributed by atoms with Crippen molar-refractivity contribution in [2.24, 2.45) is 4.99 Å². The zero-order chi connectivity index (χ0) is 15.1. The highest BCUT2D eigenvalue weighted by Crippen LogP contribution is 2.34. The van der Waals surface area contributed by atoms with E-state index in [1.807, 2.05) is 19.1 Å². The highest BCUT2D eigenvalue weighted by atomic mass is 79.9. The lowest BCUT2D eigenvalue weighted by Crippen LogP contribution is -2.14. The van der Waals surface area contributed by atoms with Crippen LogP contribution in [0.3, 0.4) is 0 Å². The molecule has 0 radical (unpaired) electrons. The predicted molar refractivity (Wildman–Crippen MR) is 90.2 cm³/mol. The topological polar surface area (TPSA) is 41.5 Å². The summed E-state index contributed by atoms with van der Waals surface area (Å²) in [5.74, 6) is -0.239. The quantitative estimate of drug-likeness (QED) is 0.727. The molecule has 0 aliphatic carbocycles. The Morgan fingerprint density at radius 1 is 1.19 bits per heavy atom. The van der Waals surface area contributed by atoms with Crippen molar-refractivity contribution in [1.82, 2.24) is 0 Å². The van der Waals surface area contributed by atoms with Crippen LogP contribution in [0.15, 0.2) is 39.8 Å². The van der Waals surface area contributed by atoms with Crippen molar-refractivity contribution in [3.05, 3.63) is 56.0 Å². The van der Waals surface area contributed by atoms with Gasteiger partial charge in [0.2, 0.25) is 0 Å². The van der Waals surface area contributed by atoms with Gasteiger partial charge in [-0.1, -0.05) is 39.1 Å². The molecule has 0 fully saturated rings. The Kier molecular flexibility index (Phi) is 3.78. The van der Waals surface area contributed by atoms with Crippen molar-refractivity contribution in [2.75, 3.05) is 5.32 Å². The molecule has 3 nitrogen and oxygen atoms in total. The molecular weight excluding hydrogens is 375 g/mol. The molecule has 0 bridgehead atoms. The van der Waals surface area contributed by atoms with Crippen molar-refractivity contribution >= 4 is 62.1 Å². The fourth-order valence-corrected chi connectivity index (χ4v) is 3.22. The van der Waals surface area contributed by atoms with Gasteiger partial charge >= 0.3 is 0 Å². The first kappa shape index (κ1) is 14.6. The standard InChI is InChI=1S/C15H9BrCl2N2O/c1-7-4-8(16)5-10-13(7)20-15(21)14(10)19-12-3-2-9(17)6-11(12)18/h2-6H,1H3,(H,19,20,21). The number of nitrogens with zero attached hydrogens (tertiary/aromatic N) is 1. The van der Waals surface area contributed by atoms with Crippen molar-refractivity contribution in [2.45, 2.75) is 6.92 Å². The summed E-state index contributed by atoms with van der Waals surface area (Å²) >= 11 is 15.4. The monoisotopic (exact) mass is 382 g/mol. The second-order valence-electron chi connectivity index (χ2n) is 4.66. The summed E-state index contributed by atoms with van der Waals surface area (Å²) in [5, 5.41) is 3.77. The van der Waals surface area contributed by atoms with Gasteiger partial charge < -0.3 is 5.32 Å². The third-order valence-electron chi connectivity index (χ3n) is 3.15. The molecule has 1 heterocycles. The Hall–Kier alpha value is -1.36. The summed E-state index contributed by atoms with van der Waals surface area (Å²) in [6.45, 7) is 1.93. The maximum Gasteiger partial charge on any atom is 0.275 e. The van der Waals surface area contributed by atoms with E-state index in [1.54, 1.807) is 18.2 Å². The van der Waals surface area contributed by atoms with Gasteiger partial charge in [-0.3, -0.25) is 4.79 Å². The van der Waals surface area contributed by atoms with Crippen LogP contribution in [0.5, 0.6) is 0 Å². The molecule has 1 aliphatic rings. The Labute approximate surface area is 140 Å². The van der Waals surface area contributed by atoms with Crippen LogP contribution >= 0.6 is 39.1 Å². The maximum absolute atomic E-state index is 12.2. The van der Waals surface area contributed by atoms with Gasteiger partial charge in [0.25, 0.3) is 5.91 Å². The molecule has 1 aliphatic heterocycles. The minimum Gasteiger partial charge on any atom is -0.320 e. The first-order valence-corrected chi connectivity index (χ1v) is 7.66. The molecule has 1 amide bonds. The van der Waals surface area contributed by atoms with Crippen molar-refractivity contribution in [1.29, 1.82) is 0 Å². The molecule has 21 heavy (non-hydrogen) atoms. The number of rotatable bonds is 1. The molecule has 0 atom stereocenters. The van der Waals surface area contributed by atoms with Crippen LogP contribution in [-0.2, 0) is 4.79 Å². The van der Waals surface area contributed by atoms with Gasteiger partial charge in [-0.15, -0.1) is 0 Å². The van der Waals surface area contributed by atoms with Gasteiger partial charge in [0, 0.05) is 15.1 Å². The zero-order valence-electron chi connectivity index (χ0n) is 10.9. The van der Waals surface area contributed by atoms with Crippen LogP contribution in [-0.4, -0.2) is 11.6 Å². The highest BCUT2D eigenvalue weighted by Gasteiger charge is 2.28. The van der Waals surface area contributed by atoms with E-state index in [0.29, 0.717) is 21.4 Å². The third-order valence-corrected chi connectivity index (χ3v) is 4.15. The molecule has 2 aromatic rings. The smallest absolute Gasteiger partial charge is 0.275 e. The minimum absolute atomic E-state index is 0.239. The summed E-state index contributed by atoms with van der Waals surface area (Å²) in [5.41, 5.74) is 3.38.